The van der Waals surface area contributed by atoms with Crippen LogP contribution in [0.1, 0.15) is 42.3 Å². The fourth-order valence-corrected chi connectivity index (χ4v) is 3.34. The highest BCUT2D eigenvalue weighted by atomic mass is 32.2. The standard InChI is InChI=1S/C24H26N2O4S/c1-24(2,3)19-13-11-17(12-14-19)16-28-20-8-6-7-18(15-20)23(27)26-21-9-4-5-10-22(21)31-30-29-25/h4-15H,16,25H2,1-3H3,(H,26,27). The summed E-state index contributed by atoms with van der Waals surface area (Å²) in [7, 11) is 0. The zero-order valence-corrected chi connectivity index (χ0v) is 18.6. The smallest absolute Gasteiger partial charge is 0.255 e. The van der Waals surface area contributed by atoms with E-state index in [1.807, 2.05) is 18.2 Å². The number of anilines is 1. The van der Waals surface area contributed by atoms with Crippen LogP contribution in [0.5, 0.6) is 5.75 Å². The molecule has 0 fully saturated rings. The zero-order valence-electron chi connectivity index (χ0n) is 17.8. The van der Waals surface area contributed by atoms with Crippen LogP contribution < -0.4 is 16.0 Å². The maximum Gasteiger partial charge on any atom is 0.255 e. The summed E-state index contributed by atoms with van der Waals surface area (Å²) in [5.41, 5.74) is 3.52. The van der Waals surface area contributed by atoms with Gasteiger partial charge in [-0.15, -0.1) is 9.32 Å². The lowest BCUT2D eigenvalue weighted by molar-refractivity contribution is -0.195. The van der Waals surface area contributed by atoms with Crippen LogP contribution in [0.2, 0.25) is 0 Å². The Balaban J connectivity index is 1.64. The first-order valence-corrected chi connectivity index (χ1v) is 10.5. The van der Waals surface area contributed by atoms with Crippen molar-refractivity contribution in [3.05, 3.63) is 89.5 Å². The first-order chi connectivity index (χ1) is 14.9. The second-order valence-corrected chi connectivity index (χ2v) is 8.70. The highest BCUT2D eigenvalue weighted by Gasteiger charge is 2.13. The van der Waals surface area contributed by atoms with E-state index in [4.69, 9.17) is 10.6 Å². The molecule has 0 aliphatic carbocycles. The van der Waals surface area contributed by atoms with Crippen LogP contribution in [0.3, 0.4) is 0 Å². The Labute approximate surface area is 186 Å². The van der Waals surface area contributed by atoms with Gasteiger partial charge in [0.05, 0.1) is 22.6 Å². The average molecular weight is 439 g/mol. The predicted molar refractivity (Wildman–Crippen MR) is 123 cm³/mol. The summed E-state index contributed by atoms with van der Waals surface area (Å²) in [6.07, 6.45) is 0. The van der Waals surface area contributed by atoms with Crippen molar-refractivity contribution in [2.24, 2.45) is 5.90 Å². The number of nitrogens with two attached hydrogens (primary N) is 1. The molecule has 3 N–H and O–H groups in total. The van der Waals surface area contributed by atoms with Gasteiger partial charge in [-0.3, -0.25) is 4.79 Å². The van der Waals surface area contributed by atoms with Crippen LogP contribution in [0.4, 0.5) is 5.69 Å². The Morgan fingerprint density at radius 3 is 2.45 bits per heavy atom. The summed E-state index contributed by atoms with van der Waals surface area (Å²) in [6.45, 7) is 6.98. The second kappa shape index (κ2) is 10.5. The molecule has 0 atom stereocenters. The molecule has 1 amide bonds. The van der Waals surface area contributed by atoms with Crippen molar-refractivity contribution in [3.8, 4) is 5.75 Å². The molecule has 3 aromatic rings. The van der Waals surface area contributed by atoms with Crippen molar-refractivity contribution in [2.45, 2.75) is 37.7 Å². The number of amides is 1. The van der Waals surface area contributed by atoms with E-state index < -0.39 is 0 Å². The van der Waals surface area contributed by atoms with Crippen molar-refractivity contribution >= 4 is 23.6 Å². The molecule has 0 saturated carbocycles. The number of benzene rings is 3. The molecule has 0 aliphatic rings. The first-order valence-electron chi connectivity index (χ1n) is 9.79. The van der Waals surface area contributed by atoms with E-state index in [0.717, 1.165) is 17.6 Å². The van der Waals surface area contributed by atoms with Gasteiger partial charge in [0, 0.05) is 5.56 Å². The molecule has 0 heterocycles. The quantitative estimate of drug-likeness (QED) is 0.269. The summed E-state index contributed by atoms with van der Waals surface area (Å²) in [6, 6.07) is 22.6. The van der Waals surface area contributed by atoms with E-state index in [1.165, 1.54) is 5.56 Å². The molecular formula is C24H26N2O4S. The van der Waals surface area contributed by atoms with Crippen LogP contribution in [0, 0.1) is 0 Å². The minimum atomic E-state index is -0.262. The lowest BCUT2D eigenvalue weighted by Gasteiger charge is -2.19. The van der Waals surface area contributed by atoms with Crippen molar-refractivity contribution in [2.75, 3.05) is 5.32 Å². The Morgan fingerprint density at radius 2 is 1.74 bits per heavy atom. The maximum absolute atomic E-state index is 12.7. The van der Waals surface area contributed by atoms with Crippen LogP contribution in [0.15, 0.2) is 77.7 Å². The van der Waals surface area contributed by atoms with Crippen molar-refractivity contribution in [3.63, 3.8) is 0 Å². The minimum absolute atomic E-state index is 0.113. The monoisotopic (exact) mass is 438 g/mol. The number of rotatable bonds is 8. The number of hydrogen-bond acceptors (Lipinski definition) is 6. The maximum atomic E-state index is 12.7. The largest absolute Gasteiger partial charge is 0.489 e. The van der Waals surface area contributed by atoms with Crippen LogP contribution in [-0.4, -0.2) is 5.91 Å². The average Bonchev–Trinajstić information content (AvgIpc) is 2.77. The number of carbonyl (C=O) groups excluding carboxylic acids is 1. The van der Waals surface area contributed by atoms with E-state index in [1.54, 1.807) is 30.3 Å². The van der Waals surface area contributed by atoms with Gasteiger partial charge in [0.15, 0.2) is 0 Å². The molecule has 6 nitrogen and oxygen atoms in total. The molecule has 0 saturated heterocycles. The van der Waals surface area contributed by atoms with E-state index in [0.29, 0.717) is 28.5 Å². The van der Waals surface area contributed by atoms with Crippen molar-refractivity contribution in [1.29, 1.82) is 0 Å². The molecule has 0 aliphatic heterocycles. The van der Waals surface area contributed by atoms with Gasteiger partial charge in [0.2, 0.25) is 0 Å². The number of nitrogens with one attached hydrogen (secondary N) is 1. The molecule has 3 aromatic carbocycles. The minimum Gasteiger partial charge on any atom is -0.489 e. The van der Waals surface area contributed by atoms with Crippen molar-refractivity contribution in [1.82, 2.24) is 0 Å². The van der Waals surface area contributed by atoms with Crippen LogP contribution in [-0.2, 0) is 21.3 Å². The predicted octanol–water partition coefficient (Wildman–Crippen LogP) is 5.64. The molecular weight excluding hydrogens is 412 g/mol. The van der Waals surface area contributed by atoms with E-state index >= 15 is 0 Å². The normalized spacial score (nSPS) is 11.2. The van der Waals surface area contributed by atoms with Crippen molar-refractivity contribution < 1.29 is 18.9 Å². The Bertz CT molecular complexity index is 1020. The molecule has 31 heavy (non-hydrogen) atoms. The molecule has 0 radical (unpaired) electrons. The molecule has 0 unspecified atom stereocenters. The fraction of sp³-hybridized carbons (Fsp3) is 0.208. The van der Waals surface area contributed by atoms with E-state index in [-0.39, 0.29) is 11.3 Å². The number of hydrogen-bond donors (Lipinski definition) is 2. The lowest BCUT2D eigenvalue weighted by atomic mass is 9.87. The highest BCUT2D eigenvalue weighted by Crippen LogP contribution is 2.28. The Kier molecular flexibility index (Phi) is 7.70. The zero-order chi connectivity index (χ0) is 22.3. The van der Waals surface area contributed by atoms with Gasteiger partial charge in [-0.05, 0) is 46.9 Å². The number of ether oxygens (including phenoxy) is 1. The van der Waals surface area contributed by atoms with E-state index in [9.17, 15) is 4.79 Å². The Morgan fingerprint density at radius 1 is 1.00 bits per heavy atom. The van der Waals surface area contributed by atoms with Gasteiger partial charge in [0.1, 0.15) is 12.4 Å². The molecule has 7 heteroatoms. The molecule has 0 aromatic heterocycles. The first kappa shape index (κ1) is 22.8. The number of para-hydroxylation sites is 1. The molecule has 0 spiro atoms. The summed E-state index contributed by atoms with van der Waals surface area (Å²) >= 11 is 0.909. The SMILES string of the molecule is CC(C)(C)c1ccc(COc2cccc(C(=O)Nc3ccccc3SOON)c2)cc1. The fourth-order valence-electron chi connectivity index (χ4n) is 2.89. The Hall–Kier alpha value is -2.84. The lowest BCUT2D eigenvalue weighted by Crippen LogP contribution is -2.13. The van der Waals surface area contributed by atoms with E-state index in [2.05, 4.69) is 59.7 Å². The summed E-state index contributed by atoms with van der Waals surface area (Å²) in [4.78, 5) is 17.5. The summed E-state index contributed by atoms with van der Waals surface area (Å²) in [5, 5.41) is 2.87. The van der Waals surface area contributed by atoms with Gasteiger partial charge < -0.3 is 10.1 Å². The van der Waals surface area contributed by atoms with Gasteiger partial charge >= 0.3 is 0 Å². The van der Waals surface area contributed by atoms with Gasteiger partial charge in [-0.25, -0.2) is 0 Å². The third-order valence-corrected chi connectivity index (χ3v) is 5.30. The van der Waals surface area contributed by atoms with Crippen LogP contribution >= 0.6 is 12.0 Å². The number of carbonyl (C=O) groups is 1. The second-order valence-electron chi connectivity index (χ2n) is 7.96. The summed E-state index contributed by atoms with van der Waals surface area (Å²) in [5.74, 6) is 5.25. The van der Waals surface area contributed by atoms with Gasteiger partial charge in [-0.1, -0.05) is 63.2 Å². The molecule has 162 valence electrons. The third kappa shape index (κ3) is 6.57. The highest BCUT2D eigenvalue weighted by molar-refractivity contribution is 7.94. The van der Waals surface area contributed by atoms with Gasteiger partial charge in [-0.2, -0.15) is 5.90 Å². The topological polar surface area (TPSA) is 82.8 Å². The van der Waals surface area contributed by atoms with Crippen LogP contribution in [0.25, 0.3) is 0 Å². The third-order valence-electron chi connectivity index (χ3n) is 4.62. The summed E-state index contributed by atoms with van der Waals surface area (Å²) < 4.78 is 10.6. The molecule has 3 rings (SSSR count). The van der Waals surface area contributed by atoms with Gasteiger partial charge in [0.25, 0.3) is 5.91 Å². The molecule has 0 bridgehead atoms.